The molecule has 0 aliphatic carbocycles. The molecule has 0 aromatic heterocycles. The third-order valence-electron chi connectivity index (χ3n) is 4.38. The van der Waals surface area contributed by atoms with Crippen molar-refractivity contribution >= 4 is 29.9 Å². The smallest absolute Gasteiger partial charge is 0.387 e. The molecule has 0 radical (unpaired) electrons. The third-order valence-corrected chi connectivity index (χ3v) is 4.38. The number of ether oxygens (including phenoxy) is 2. The van der Waals surface area contributed by atoms with Crippen molar-refractivity contribution in [2.45, 2.75) is 52.6 Å². The van der Waals surface area contributed by atoms with Crippen LogP contribution in [0.4, 0.5) is 8.78 Å². The Morgan fingerprint density at radius 3 is 2.59 bits per heavy atom. The van der Waals surface area contributed by atoms with Crippen LogP contribution in [0.1, 0.15) is 32.8 Å². The number of halogens is 3. The van der Waals surface area contributed by atoms with Crippen LogP contribution in [0, 0.1) is 0 Å². The van der Waals surface area contributed by atoms with Gasteiger partial charge < -0.3 is 20.1 Å². The predicted octanol–water partition coefficient (Wildman–Crippen LogP) is 3.46. The van der Waals surface area contributed by atoms with Crippen molar-refractivity contribution in [3.63, 3.8) is 0 Å². The van der Waals surface area contributed by atoms with E-state index in [2.05, 4.69) is 39.1 Å². The maximum Gasteiger partial charge on any atom is 0.387 e. The molecule has 0 saturated carbocycles. The van der Waals surface area contributed by atoms with E-state index in [1.165, 1.54) is 6.07 Å². The molecule has 2 rings (SSSR count). The van der Waals surface area contributed by atoms with Gasteiger partial charge in [0.2, 0.25) is 0 Å². The molecule has 0 amide bonds. The first-order chi connectivity index (χ1) is 13.5. The number of hydrogen-bond acceptors (Lipinski definition) is 4. The number of aliphatic imine (C=N–C) groups is 1. The van der Waals surface area contributed by atoms with Gasteiger partial charge in [0.1, 0.15) is 5.75 Å². The van der Waals surface area contributed by atoms with Crippen LogP contribution in [-0.2, 0) is 11.3 Å². The van der Waals surface area contributed by atoms with E-state index in [-0.39, 0.29) is 48.5 Å². The quantitative estimate of drug-likeness (QED) is 0.224. The third kappa shape index (κ3) is 9.90. The summed E-state index contributed by atoms with van der Waals surface area (Å²) in [5.41, 5.74) is 0.622. The zero-order chi connectivity index (χ0) is 20.4. The van der Waals surface area contributed by atoms with Gasteiger partial charge in [-0.2, -0.15) is 8.78 Å². The van der Waals surface area contributed by atoms with Crippen LogP contribution in [0.2, 0.25) is 0 Å². The Morgan fingerprint density at radius 2 is 1.93 bits per heavy atom. The van der Waals surface area contributed by atoms with E-state index in [9.17, 15) is 8.78 Å². The zero-order valence-electron chi connectivity index (χ0n) is 17.4. The van der Waals surface area contributed by atoms with Gasteiger partial charge in [0.25, 0.3) is 0 Å². The second kappa shape index (κ2) is 13.9. The van der Waals surface area contributed by atoms with Crippen LogP contribution in [0.3, 0.4) is 0 Å². The van der Waals surface area contributed by atoms with Gasteiger partial charge in [-0.3, -0.25) is 4.90 Å². The Labute approximate surface area is 189 Å². The summed E-state index contributed by atoms with van der Waals surface area (Å²) >= 11 is 0. The van der Waals surface area contributed by atoms with Crippen molar-refractivity contribution in [3.8, 4) is 5.75 Å². The highest BCUT2D eigenvalue weighted by Gasteiger charge is 2.21. The molecule has 2 unspecified atom stereocenters. The number of nitrogens with one attached hydrogen (secondary N) is 2. The molecular weight excluding hydrogens is 493 g/mol. The Hall–Kier alpha value is -1.20. The summed E-state index contributed by atoms with van der Waals surface area (Å²) in [6.45, 7) is 8.02. The lowest BCUT2D eigenvalue weighted by atomic mass is 10.2. The van der Waals surface area contributed by atoms with E-state index in [4.69, 9.17) is 4.74 Å². The average molecular weight is 526 g/mol. The molecule has 1 fully saturated rings. The first-order valence-corrected chi connectivity index (χ1v) is 9.90. The van der Waals surface area contributed by atoms with Gasteiger partial charge in [-0.1, -0.05) is 18.2 Å². The van der Waals surface area contributed by atoms with E-state index >= 15 is 0 Å². The molecule has 2 atom stereocenters. The number of hydrogen-bond donors (Lipinski definition) is 2. The fraction of sp³-hybridized carbons (Fsp3) is 0.650. The Bertz CT molecular complexity index is 612. The van der Waals surface area contributed by atoms with Crippen molar-refractivity contribution in [1.82, 2.24) is 15.5 Å². The van der Waals surface area contributed by atoms with Crippen LogP contribution < -0.4 is 15.4 Å². The summed E-state index contributed by atoms with van der Waals surface area (Å²) in [4.78, 5) is 6.92. The van der Waals surface area contributed by atoms with Crippen molar-refractivity contribution < 1.29 is 18.3 Å². The average Bonchev–Trinajstić information content (AvgIpc) is 2.63. The Morgan fingerprint density at radius 1 is 1.24 bits per heavy atom. The standard InChI is InChI=1S/C20H32F2N4O2.HI/c1-4-23-20(24-10-7-11-26-13-15(2)27-16(3)14-26)25-12-17-8-5-6-9-18(17)28-19(21)22;/h5-6,8-9,15-16,19H,4,7,10-14H2,1-3H3,(H2,23,24,25);1H. The molecule has 1 aromatic carbocycles. The fourth-order valence-electron chi connectivity index (χ4n) is 3.33. The molecule has 166 valence electrons. The van der Waals surface area contributed by atoms with E-state index in [1.807, 2.05) is 6.92 Å². The summed E-state index contributed by atoms with van der Waals surface area (Å²) in [6, 6.07) is 6.73. The van der Waals surface area contributed by atoms with E-state index < -0.39 is 6.61 Å². The second-order valence-electron chi connectivity index (χ2n) is 6.98. The van der Waals surface area contributed by atoms with Gasteiger partial charge in [-0.25, -0.2) is 4.99 Å². The number of alkyl halides is 2. The minimum atomic E-state index is -2.85. The van der Waals surface area contributed by atoms with Crippen LogP contribution in [0.5, 0.6) is 5.75 Å². The van der Waals surface area contributed by atoms with Gasteiger partial charge >= 0.3 is 6.61 Å². The molecular formula is C20H33F2IN4O2. The van der Waals surface area contributed by atoms with E-state index in [0.29, 0.717) is 11.5 Å². The first-order valence-electron chi connectivity index (χ1n) is 9.90. The Kier molecular flexibility index (Phi) is 12.4. The molecule has 1 aliphatic heterocycles. The van der Waals surface area contributed by atoms with Gasteiger partial charge in [0, 0.05) is 38.3 Å². The molecule has 1 heterocycles. The van der Waals surface area contributed by atoms with Crippen molar-refractivity contribution in [2.75, 3.05) is 32.7 Å². The van der Waals surface area contributed by atoms with Crippen molar-refractivity contribution in [3.05, 3.63) is 29.8 Å². The lowest BCUT2D eigenvalue weighted by molar-refractivity contribution is -0.0679. The molecule has 0 spiro atoms. The van der Waals surface area contributed by atoms with E-state index in [1.54, 1.807) is 18.2 Å². The van der Waals surface area contributed by atoms with Crippen LogP contribution in [-0.4, -0.2) is 62.4 Å². The number of guanidine groups is 1. The van der Waals surface area contributed by atoms with Crippen LogP contribution in [0.15, 0.2) is 29.3 Å². The number of rotatable bonds is 9. The highest BCUT2D eigenvalue weighted by atomic mass is 127. The predicted molar refractivity (Wildman–Crippen MR) is 122 cm³/mol. The van der Waals surface area contributed by atoms with Crippen molar-refractivity contribution in [1.29, 1.82) is 0 Å². The van der Waals surface area contributed by atoms with E-state index in [0.717, 1.165) is 39.1 Å². The number of para-hydroxylation sites is 1. The monoisotopic (exact) mass is 526 g/mol. The Balaban J connectivity index is 0.00000420. The van der Waals surface area contributed by atoms with Gasteiger partial charge in [-0.05, 0) is 33.3 Å². The lowest BCUT2D eigenvalue weighted by Crippen LogP contribution is -2.46. The maximum atomic E-state index is 12.5. The largest absolute Gasteiger partial charge is 0.434 e. The zero-order valence-corrected chi connectivity index (χ0v) is 19.7. The highest BCUT2D eigenvalue weighted by molar-refractivity contribution is 14.0. The number of benzene rings is 1. The minimum absolute atomic E-state index is 0. The molecule has 9 heteroatoms. The summed E-state index contributed by atoms with van der Waals surface area (Å²) < 4.78 is 35.4. The molecule has 0 bridgehead atoms. The topological polar surface area (TPSA) is 58.1 Å². The first kappa shape index (κ1) is 25.8. The molecule has 2 N–H and O–H groups in total. The highest BCUT2D eigenvalue weighted by Crippen LogP contribution is 2.20. The number of nitrogens with zero attached hydrogens (tertiary/aromatic N) is 2. The molecule has 1 aliphatic rings. The minimum Gasteiger partial charge on any atom is -0.434 e. The van der Waals surface area contributed by atoms with Gasteiger partial charge in [0.05, 0.1) is 18.8 Å². The van der Waals surface area contributed by atoms with Crippen LogP contribution >= 0.6 is 24.0 Å². The fourth-order valence-corrected chi connectivity index (χ4v) is 3.33. The summed E-state index contributed by atoms with van der Waals surface area (Å²) in [5, 5.41) is 6.49. The molecule has 6 nitrogen and oxygen atoms in total. The summed E-state index contributed by atoms with van der Waals surface area (Å²) in [5.74, 6) is 0.825. The summed E-state index contributed by atoms with van der Waals surface area (Å²) in [7, 11) is 0. The van der Waals surface area contributed by atoms with Crippen molar-refractivity contribution in [2.24, 2.45) is 4.99 Å². The second-order valence-corrected chi connectivity index (χ2v) is 6.98. The van der Waals surface area contributed by atoms with Crippen LogP contribution in [0.25, 0.3) is 0 Å². The summed E-state index contributed by atoms with van der Waals surface area (Å²) in [6.07, 6.45) is 1.52. The SMILES string of the molecule is CCNC(=NCc1ccccc1OC(F)F)NCCCN1CC(C)OC(C)C1.I. The molecule has 1 aromatic rings. The van der Waals surface area contributed by atoms with Gasteiger partial charge in [-0.15, -0.1) is 24.0 Å². The number of morpholine rings is 1. The normalized spacial score (nSPS) is 20.3. The molecule has 29 heavy (non-hydrogen) atoms. The molecule has 1 saturated heterocycles. The lowest BCUT2D eigenvalue weighted by Gasteiger charge is -2.35. The van der Waals surface area contributed by atoms with Gasteiger partial charge in [0.15, 0.2) is 5.96 Å². The maximum absolute atomic E-state index is 12.5.